The Labute approximate surface area is 101 Å². The first-order chi connectivity index (χ1) is 7.27. The lowest BCUT2D eigenvalue weighted by molar-refractivity contribution is 0.0415. The van der Waals surface area contributed by atoms with Crippen LogP contribution in [0.25, 0.3) is 0 Å². The molecule has 1 aliphatic rings. The van der Waals surface area contributed by atoms with Crippen LogP contribution in [0.2, 0.25) is 0 Å². The molecule has 1 fully saturated rings. The Morgan fingerprint density at radius 3 is 1.94 bits per heavy atom. The molecule has 3 nitrogen and oxygen atoms in total. The van der Waals surface area contributed by atoms with Gasteiger partial charge in [0.1, 0.15) is 0 Å². The molecule has 0 radical (unpaired) electrons. The standard InChI is InChI=1S/C13H29N3/c1-12(2,14-5)11-13(3,4)16-9-7-15(6)8-10-16/h14H,7-11H2,1-6H3. The van der Waals surface area contributed by atoms with E-state index in [-0.39, 0.29) is 11.1 Å². The molecule has 0 bridgehead atoms. The van der Waals surface area contributed by atoms with E-state index < -0.39 is 0 Å². The van der Waals surface area contributed by atoms with Crippen LogP contribution in [0.15, 0.2) is 0 Å². The van der Waals surface area contributed by atoms with Crippen molar-refractivity contribution in [3.63, 3.8) is 0 Å². The summed E-state index contributed by atoms with van der Waals surface area (Å²) in [6.07, 6.45) is 1.18. The smallest absolute Gasteiger partial charge is 0.0171 e. The summed E-state index contributed by atoms with van der Waals surface area (Å²) in [6.45, 7) is 14.1. The third-order valence-electron chi connectivity index (χ3n) is 3.91. The maximum atomic E-state index is 3.41. The van der Waals surface area contributed by atoms with Crippen molar-refractivity contribution in [3.8, 4) is 0 Å². The first-order valence-electron chi connectivity index (χ1n) is 6.39. The molecule has 0 aromatic heterocycles. The second-order valence-electron chi connectivity index (χ2n) is 6.41. The molecule has 0 atom stereocenters. The van der Waals surface area contributed by atoms with Gasteiger partial charge in [-0.3, -0.25) is 4.90 Å². The van der Waals surface area contributed by atoms with Crippen LogP contribution in [0, 0.1) is 0 Å². The fourth-order valence-corrected chi connectivity index (χ4v) is 2.69. The summed E-state index contributed by atoms with van der Waals surface area (Å²) >= 11 is 0. The first kappa shape index (κ1) is 13.9. The van der Waals surface area contributed by atoms with Gasteiger partial charge in [0.2, 0.25) is 0 Å². The van der Waals surface area contributed by atoms with Crippen LogP contribution in [0.1, 0.15) is 34.1 Å². The Kier molecular flexibility index (Phi) is 4.38. The van der Waals surface area contributed by atoms with Crippen molar-refractivity contribution in [1.29, 1.82) is 0 Å². The summed E-state index contributed by atoms with van der Waals surface area (Å²) < 4.78 is 0. The van der Waals surface area contributed by atoms with E-state index in [9.17, 15) is 0 Å². The molecular weight excluding hydrogens is 198 g/mol. The van der Waals surface area contributed by atoms with Crippen molar-refractivity contribution in [2.45, 2.75) is 45.2 Å². The van der Waals surface area contributed by atoms with E-state index in [2.05, 4.69) is 56.9 Å². The van der Waals surface area contributed by atoms with Crippen LogP contribution in [-0.4, -0.2) is 61.2 Å². The fourth-order valence-electron chi connectivity index (χ4n) is 2.69. The summed E-state index contributed by atoms with van der Waals surface area (Å²) in [5.74, 6) is 0. The molecule has 0 amide bonds. The lowest BCUT2D eigenvalue weighted by Gasteiger charge is -2.46. The number of nitrogens with zero attached hydrogens (tertiary/aromatic N) is 2. The second kappa shape index (κ2) is 5.03. The lowest BCUT2D eigenvalue weighted by atomic mass is 9.85. The largest absolute Gasteiger partial charge is 0.315 e. The SMILES string of the molecule is CNC(C)(C)CC(C)(C)N1CCN(C)CC1. The number of rotatable bonds is 4. The molecule has 1 aliphatic heterocycles. The summed E-state index contributed by atoms with van der Waals surface area (Å²) in [5.41, 5.74) is 0.501. The van der Waals surface area contributed by atoms with Crippen LogP contribution in [0.4, 0.5) is 0 Å². The topological polar surface area (TPSA) is 18.5 Å². The van der Waals surface area contributed by atoms with E-state index in [1.54, 1.807) is 0 Å². The first-order valence-corrected chi connectivity index (χ1v) is 6.39. The summed E-state index contributed by atoms with van der Waals surface area (Å²) in [6, 6.07) is 0. The average Bonchev–Trinajstić information content (AvgIpc) is 2.17. The maximum absolute atomic E-state index is 3.41. The predicted molar refractivity (Wildman–Crippen MR) is 70.9 cm³/mol. The highest BCUT2D eigenvalue weighted by atomic mass is 15.3. The number of nitrogens with one attached hydrogen (secondary N) is 1. The van der Waals surface area contributed by atoms with Gasteiger partial charge in [0.15, 0.2) is 0 Å². The number of hydrogen-bond donors (Lipinski definition) is 1. The van der Waals surface area contributed by atoms with Gasteiger partial charge in [-0.05, 0) is 48.2 Å². The van der Waals surface area contributed by atoms with Crippen LogP contribution in [0.3, 0.4) is 0 Å². The quantitative estimate of drug-likeness (QED) is 0.783. The predicted octanol–water partition coefficient (Wildman–Crippen LogP) is 1.40. The molecule has 1 saturated heterocycles. The van der Waals surface area contributed by atoms with Gasteiger partial charge >= 0.3 is 0 Å². The third kappa shape index (κ3) is 3.72. The molecule has 0 aliphatic carbocycles. The highest BCUT2D eigenvalue weighted by Gasteiger charge is 2.33. The molecule has 0 unspecified atom stereocenters. The Morgan fingerprint density at radius 2 is 1.50 bits per heavy atom. The normalized spacial score (nSPS) is 21.4. The van der Waals surface area contributed by atoms with E-state index in [0.29, 0.717) is 0 Å². The number of hydrogen-bond acceptors (Lipinski definition) is 3. The molecule has 0 aromatic rings. The Hall–Kier alpha value is -0.120. The van der Waals surface area contributed by atoms with Crippen molar-refractivity contribution in [2.24, 2.45) is 0 Å². The minimum atomic E-state index is 0.215. The minimum Gasteiger partial charge on any atom is -0.315 e. The van der Waals surface area contributed by atoms with E-state index in [0.717, 1.165) is 0 Å². The molecule has 1 rings (SSSR count). The number of piperazine rings is 1. The van der Waals surface area contributed by atoms with Crippen LogP contribution in [0.5, 0.6) is 0 Å². The van der Waals surface area contributed by atoms with Crippen molar-refractivity contribution >= 4 is 0 Å². The zero-order valence-electron chi connectivity index (χ0n) is 11.9. The molecular formula is C13H29N3. The summed E-state index contributed by atoms with van der Waals surface area (Å²) in [5, 5.41) is 3.41. The molecule has 1 N–H and O–H groups in total. The second-order valence-corrected chi connectivity index (χ2v) is 6.41. The van der Waals surface area contributed by atoms with Gasteiger partial charge in [-0.15, -0.1) is 0 Å². The fraction of sp³-hybridized carbons (Fsp3) is 1.00. The Morgan fingerprint density at radius 1 is 1.00 bits per heavy atom. The van der Waals surface area contributed by atoms with Gasteiger partial charge in [-0.25, -0.2) is 0 Å². The lowest BCUT2D eigenvalue weighted by Crippen LogP contribution is -2.57. The number of likely N-dealkylation sites (N-methyl/N-ethyl adjacent to an activating group) is 1. The highest BCUT2D eigenvalue weighted by Crippen LogP contribution is 2.26. The highest BCUT2D eigenvalue weighted by molar-refractivity contribution is 4.92. The van der Waals surface area contributed by atoms with Crippen molar-refractivity contribution in [3.05, 3.63) is 0 Å². The van der Waals surface area contributed by atoms with Gasteiger partial charge < -0.3 is 10.2 Å². The molecule has 0 saturated carbocycles. The van der Waals surface area contributed by atoms with Crippen molar-refractivity contribution < 1.29 is 0 Å². The Balaban J connectivity index is 2.56. The zero-order chi connectivity index (χ0) is 12.4. The van der Waals surface area contributed by atoms with Gasteiger partial charge in [0.05, 0.1) is 0 Å². The molecule has 96 valence electrons. The van der Waals surface area contributed by atoms with Crippen LogP contribution >= 0.6 is 0 Å². The van der Waals surface area contributed by atoms with Crippen molar-refractivity contribution in [1.82, 2.24) is 15.1 Å². The van der Waals surface area contributed by atoms with E-state index in [1.165, 1.54) is 32.6 Å². The van der Waals surface area contributed by atoms with E-state index in [1.807, 2.05) is 0 Å². The third-order valence-corrected chi connectivity index (χ3v) is 3.91. The molecule has 1 heterocycles. The van der Waals surface area contributed by atoms with E-state index in [4.69, 9.17) is 0 Å². The van der Waals surface area contributed by atoms with Gasteiger partial charge in [0.25, 0.3) is 0 Å². The molecule has 0 aromatic carbocycles. The average molecular weight is 227 g/mol. The molecule has 0 spiro atoms. The van der Waals surface area contributed by atoms with E-state index >= 15 is 0 Å². The summed E-state index contributed by atoms with van der Waals surface area (Å²) in [7, 11) is 4.27. The zero-order valence-corrected chi connectivity index (χ0v) is 11.9. The monoisotopic (exact) mass is 227 g/mol. The van der Waals surface area contributed by atoms with Crippen molar-refractivity contribution in [2.75, 3.05) is 40.3 Å². The minimum absolute atomic E-state index is 0.215. The molecule has 3 heteroatoms. The van der Waals surface area contributed by atoms with Gasteiger partial charge in [-0.2, -0.15) is 0 Å². The summed E-state index contributed by atoms with van der Waals surface area (Å²) in [4.78, 5) is 5.04. The molecule has 16 heavy (non-hydrogen) atoms. The van der Waals surface area contributed by atoms with Gasteiger partial charge in [-0.1, -0.05) is 0 Å². The van der Waals surface area contributed by atoms with Gasteiger partial charge in [0, 0.05) is 37.3 Å². The van der Waals surface area contributed by atoms with Crippen LogP contribution < -0.4 is 5.32 Å². The van der Waals surface area contributed by atoms with Crippen LogP contribution in [-0.2, 0) is 0 Å². The maximum Gasteiger partial charge on any atom is 0.0171 e. The Bertz CT molecular complexity index is 215.